The number of amides is 1. The van der Waals surface area contributed by atoms with Crippen molar-refractivity contribution >= 4 is 5.91 Å². The van der Waals surface area contributed by atoms with Crippen LogP contribution in [0.25, 0.3) is 11.5 Å². The van der Waals surface area contributed by atoms with Gasteiger partial charge >= 0.3 is 0 Å². The lowest BCUT2D eigenvalue weighted by molar-refractivity contribution is 0.0884. The summed E-state index contributed by atoms with van der Waals surface area (Å²) >= 11 is 0. The van der Waals surface area contributed by atoms with Gasteiger partial charge in [-0.25, -0.2) is 0 Å². The number of carbonyl (C=O) groups excluding carboxylic acids is 1. The van der Waals surface area contributed by atoms with E-state index in [4.69, 9.17) is 9.52 Å². The number of aliphatic hydroxyl groups excluding tert-OH is 1. The van der Waals surface area contributed by atoms with Crippen LogP contribution in [0.5, 0.6) is 0 Å². The molecule has 0 saturated carbocycles. The average Bonchev–Trinajstić information content (AvgIpc) is 3.01. The van der Waals surface area contributed by atoms with Crippen LogP contribution in [0.3, 0.4) is 0 Å². The van der Waals surface area contributed by atoms with Crippen molar-refractivity contribution in [3.63, 3.8) is 0 Å². The average molecular weight is 304 g/mol. The molecule has 0 aromatic carbocycles. The summed E-state index contributed by atoms with van der Waals surface area (Å²) in [4.78, 5) is 27.0. The van der Waals surface area contributed by atoms with Crippen LogP contribution in [-0.2, 0) is 0 Å². The maximum Gasteiger partial charge on any atom is 0.261 e. The number of hydrogen-bond donors (Lipinski definition) is 3. The number of aromatic amines is 1. The summed E-state index contributed by atoms with van der Waals surface area (Å²) in [5.41, 5.74) is -0.472. The smallest absolute Gasteiger partial charge is 0.261 e. The van der Waals surface area contributed by atoms with Crippen molar-refractivity contribution < 1.29 is 14.3 Å². The molecule has 0 spiro atoms. The third-order valence-corrected chi connectivity index (χ3v) is 3.80. The molecular formula is C16H20N2O4. The minimum Gasteiger partial charge on any atom is -0.463 e. The zero-order valence-electron chi connectivity index (χ0n) is 12.7. The molecule has 6 heteroatoms. The molecule has 0 saturated heterocycles. The van der Waals surface area contributed by atoms with Crippen LogP contribution in [-0.4, -0.2) is 28.1 Å². The van der Waals surface area contributed by atoms with Gasteiger partial charge in [0.15, 0.2) is 0 Å². The fraction of sp³-hybridized carbons (Fsp3) is 0.375. The molecule has 2 aromatic heterocycles. The van der Waals surface area contributed by atoms with Crippen LogP contribution in [0, 0.1) is 0 Å². The van der Waals surface area contributed by atoms with Crippen molar-refractivity contribution in [2.24, 2.45) is 0 Å². The Balaban J connectivity index is 2.22. The number of carbonyl (C=O) groups is 1. The van der Waals surface area contributed by atoms with Gasteiger partial charge in [-0.2, -0.15) is 0 Å². The lowest BCUT2D eigenvalue weighted by atomic mass is 9.94. The molecule has 3 N–H and O–H groups in total. The quantitative estimate of drug-likeness (QED) is 0.759. The van der Waals surface area contributed by atoms with Gasteiger partial charge in [0.1, 0.15) is 11.3 Å². The molecule has 2 rings (SSSR count). The van der Waals surface area contributed by atoms with Gasteiger partial charge in [0.05, 0.1) is 12.0 Å². The van der Waals surface area contributed by atoms with Gasteiger partial charge in [0.2, 0.25) is 0 Å². The fourth-order valence-electron chi connectivity index (χ4n) is 2.14. The summed E-state index contributed by atoms with van der Waals surface area (Å²) in [5, 5.41) is 11.9. The molecule has 1 unspecified atom stereocenters. The Morgan fingerprint density at radius 2 is 2.18 bits per heavy atom. The second-order valence-corrected chi connectivity index (χ2v) is 5.43. The van der Waals surface area contributed by atoms with Crippen molar-refractivity contribution in [1.29, 1.82) is 0 Å². The first-order chi connectivity index (χ1) is 10.5. The second-order valence-electron chi connectivity index (χ2n) is 5.43. The van der Waals surface area contributed by atoms with Gasteiger partial charge < -0.3 is 19.8 Å². The summed E-state index contributed by atoms with van der Waals surface area (Å²) in [5.74, 6) is 0.0766. The first kappa shape index (κ1) is 16.0. The molecule has 0 aliphatic rings. The van der Waals surface area contributed by atoms with E-state index in [0.29, 0.717) is 24.3 Å². The summed E-state index contributed by atoms with van der Waals surface area (Å²) in [6.07, 6.45) is 2.59. The standard InChI is InChI=1S/C16H20N2O4/c1-3-16(2,8-9-19)18-15(21)11-6-7-12(17-14(11)20)13-5-4-10-22-13/h4-7,10,19H,3,8-9H2,1-2H3,(H,17,20)(H,18,21). The third kappa shape index (κ3) is 3.46. The first-order valence-corrected chi connectivity index (χ1v) is 7.19. The molecule has 118 valence electrons. The molecule has 22 heavy (non-hydrogen) atoms. The SMILES string of the molecule is CCC(C)(CCO)NC(=O)c1ccc(-c2ccco2)[nH]c1=O. The zero-order valence-corrected chi connectivity index (χ0v) is 12.7. The molecule has 1 atom stereocenters. The van der Waals surface area contributed by atoms with E-state index in [0.717, 1.165) is 0 Å². The molecule has 1 amide bonds. The van der Waals surface area contributed by atoms with Crippen LogP contribution in [0.2, 0.25) is 0 Å². The Hall–Kier alpha value is -2.34. The minimum atomic E-state index is -0.544. The topological polar surface area (TPSA) is 95.3 Å². The number of aromatic nitrogens is 1. The van der Waals surface area contributed by atoms with Crippen LogP contribution < -0.4 is 10.9 Å². The maximum absolute atomic E-state index is 12.3. The molecule has 0 aliphatic heterocycles. The normalized spacial score (nSPS) is 13.6. The molecule has 6 nitrogen and oxygen atoms in total. The summed E-state index contributed by atoms with van der Waals surface area (Å²) in [7, 11) is 0. The molecule has 0 bridgehead atoms. The zero-order chi connectivity index (χ0) is 16.2. The van der Waals surface area contributed by atoms with Gasteiger partial charge in [-0.1, -0.05) is 6.92 Å². The van der Waals surface area contributed by atoms with Gasteiger partial charge in [-0.3, -0.25) is 9.59 Å². The second kappa shape index (κ2) is 6.62. The van der Waals surface area contributed by atoms with Gasteiger partial charge in [-0.05, 0) is 44.0 Å². The van der Waals surface area contributed by atoms with E-state index in [2.05, 4.69) is 10.3 Å². The van der Waals surface area contributed by atoms with E-state index in [9.17, 15) is 9.59 Å². The summed E-state index contributed by atoms with van der Waals surface area (Å²) in [6.45, 7) is 3.73. The van der Waals surface area contributed by atoms with Gasteiger partial charge in [0, 0.05) is 12.1 Å². The minimum absolute atomic E-state index is 0.0294. The lowest BCUT2D eigenvalue weighted by Gasteiger charge is -2.28. The number of nitrogens with one attached hydrogen (secondary N) is 2. The van der Waals surface area contributed by atoms with E-state index in [1.807, 2.05) is 13.8 Å². The fourth-order valence-corrected chi connectivity index (χ4v) is 2.14. The third-order valence-electron chi connectivity index (χ3n) is 3.80. The monoisotopic (exact) mass is 304 g/mol. The van der Waals surface area contributed by atoms with E-state index in [1.54, 1.807) is 18.2 Å². The van der Waals surface area contributed by atoms with Crippen LogP contribution in [0.1, 0.15) is 37.0 Å². The molecule has 2 heterocycles. The van der Waals surface area contributed by atoms with Crippen molar-refractivity contribution in [3.05, 3.63) is 46.4 Å². The number of rotatable bonds is 6. The van der Waals surface area contributed by atoms with Crippen LogP contribution >= 0.6 is 0 Å². The van der Waals surface area contributed by atoms with Crippen molar-refractivity contribution in [3.8, 4) is 11.5 Å². The van der Waals surface area contributed by atoms with E-state index in [-0.39, 0.29) is 12.2 Å². The molecule has 2 aromatic rings. The van der Waals surface area contributed by atoms with Gasteiger partial charge in [0.25, 0.3) is 11.5 Å². The first-order valence-electron chi connectivity index (χ1n) is 7.19. The molecule has 0 radical (unpaired) electrons. The van der Waals surface area contributed by atoms with Crippen LogP contribution in [0.4, 0.5) is 0 Å². The predicted molar refractivity (Wildman–Crippen MR) is 82.6 cm³/mol. The number of hydrogen-bond acceptors (Lipinski definition) is 4. The van der Waals surface area contributed by atoms with E-state index in [1.165, 1.54) is 12.3 Å². The highest BCUT2D eigenvalue weighted by atomic mass is 16.3. The Kier molecular flexibility index (Phi) is 4.82. The van der Waals surface area contributed by atoms with E-state index < -0.39 is 17.0 Å². The predicted octanol–water partition coefficient (Wildman–Crippen LogP) is 1.92. The largest absolute Gasteiger partial charge is 0.463 e. The van der Waals surface area contributed by atoms with Crippen molar-refractivity contribution in [2.45, 2.75) is 32.2 Å². The number of H-pyrrole nitrogens is 1. The number of pyridine rings is 1. The van der Waals surface area contributed by atoms with Crippen molar-refractivity contribution in [2.75, 3.05) is 6.61 Å². The summed E-state index contributed by atoms with van der Waals surface area (Å²) in [6, 6.07) is 6.54. The molecular weight excluding hydrogens is 284 g/mol. The Morgan fingerprint density at radius 3 is 2.73 bits per heavy atom. The molecule has 0 aliphatic carbocycles. The van der Waals surface area contributed by atoms with Crippen LogP contribution in [0.15, 0.2) is 39.7 Å². The van der Waals surface area contributed by atoms with Gasteiger partial charge in [-0.15, -0.1) is 0 Å². The summed E-state index contributed by atoms with van der Waals surface area (Å²) < 4.78 is 5.21. The highest BCUT2D eigenvalue weighted by Gasteiger charge is 2.25. The Morgan fingerprint density at radius 1 is 1.41 bits per heavy atom. The number of furan rings is 1. The highest BCUT2D eigenvalue weighted by Crippen LogP contribution is 2.17. The number of aliphatic hydroxyl groups is 1. The highest BCUT2D eigenvalue weighted by molar-refractivity contribution is 5.94. The van der Waals surface area contributed by atoms with E-state index >= 15 is 0 Å². The Bertz CT molecular complexity index is 690. The maximum atomic E-state index is 12.3. The lowest BCUT2D eigenvalue weighted by Crippen LogP contribution is -2.47. The Labute approximate surface area is 128 Å². The molecule has 0 fully saturated rings. The van der Waals surface area contributed by atoms with Crippen molar-refractivity contribution in [1.82, 2.24) is 10.3 Å².